The van der Waals surface area contributed by atoms with Crippen LogP contribution < -0.4 is 5.32 Å². The van der Waals surface area contributed by atoms with E-state index in [1.54, 1.807) is 7.11 Å². The number of nitrogens with zero attached hydrogens (tertiary/aromatic N) is 1. The van der Waals surface area contributed by atoms with Crippen LogP contribution >= 0.6 is 23.2 Å². The molecule has 1 aromatic rings. The normalized spacial score (nSPS) is 24.8. The van der Waals surface area contributed by atoms with Gasteiger partial charge in [0.15, 0.2) is 0 Å². The molecule has 1 fully saturated rings. The predicted octanol–water partition coefficient (Wildman–Crippen LogP) is 4.68. The van der Waals surface area contributed by atoms with E-state index >= 15 is 0 Å². The topological polar surface area (TPSA) is 33.6 Å². The lowest BCUT2D eigenvalue weighted by atomic mass is 9.86. The predicted molar refractivity (Wildman–Crippen MR) is 92.7 cm³/mol. The van der Waals surface area contributed by atoms with E-state index in [-0.39, 0.29) is 0 Å². The summed E-state index contributed by atoms with van der Waals surface area (Å²) in [6, 6.07) is 6.78. The Bertz CT molecular complexity index is 640. The Balaban J connectivity index is 2.13. The first kappa shape index (κ1) is 15.9. The number of halogens is 2. The molecule has 5 heteroatoms. The average molecular weight is 339 g/mol. The van der Waals surface area contributed by atoms with Crippen LogP contribution in [0.3, 0.4) is 0 Å². The van der Waals surface area contributed by atoms with Gasteiger partial charge in [-0.3, -0.25) is 0 Å². The molecule has 22 heavy (non-hydrogen) atoms. The highest BCUT2D eigenvalue weighted by Crippen LogP contribution is 2.39. The summed E-state index contributed by atoms with van der Waals surface area (Å²) in [4.78, 5) is 5.06. The van der Waals surface area contributed by atoms with Crippen molar-refractivity contribution in [2.24, 2.45) is 5.16 Å². The second-order valence-corrected chi connectivity index (χ2v) is 6.61. The first-order chi connectivity index (χ1) is 10.6. The molecule has 3 nitrogen and oxygen atoms in total. The Morgan fingerprint density at radius 2 is 2.14 bits per heavy atom. The zero-order chi connectivity index (χ0) is 15.7. The molecular weight excluding hydrogens is 319 g/mol. The molecule has 0 aromatic heterocycles. The molecule has 0 saturated carbocycles. The monoisotopic (exact) mass is 338 g/mol. The van der Waals surface area contributed by atoms with E-state index in [9.17, 15) is 0 Å². The van der Waals surface area contributed by atoms with E-state index in [0.29, 0.717) is 22.1 Å². The zero-order valence-corrected chi connectivity index (χ0v) is 14.3. The van der Waals surface area contributed by atoms with E-state index in [1.807, 2.05) is 18.2 Å². The summed E-state index contributed by atoms with van der Waals surface area (Å²) in [6.07, 6.45) is 4.18. The number of benzene rings is 1. The molecule has 2 aliphatic heterocycles. The Hall–Kier alpha value is -1.03. The van der Waals surface area contributed by atoms with Gasteiger partial charge >= 0.3 is 0 Å². The molecule has 2 atom stereocenters. The summed E-state index contributed by atoms with van der Waals surface area (Å²) < 4.78 is 0. The first-order valence-corrected chi connectivity index (χ1v) is 8.44. The molecule has 0 spiro atoms. The van der Waals surface area contributed by atoms with Crippen molar-refractivity contribution in [2.75, 3.05) is 7.11 Å². The highest BCUT2D eigenvalue weighted by molar-refractivity contribution is 6.42. The van der Waals surface area contributed by atoms with E-state index in [2.05, 4.69) is 17.4 Å². The van der Waals surface area contributed by atoms with Gasteiger partial charge in [-0.15, -0.1) is 0 Å². The summed E-state index contributed by atoms with van der Waals surface area (Å²) in [6.45, 7) is 2.11. The minimum Gasteiger partial charge on any atom is -0.399 e. The molecule has 1 N–H and O–H groups in total. The van der Waals surface area contributed by atoms with Gasteiger partial charge in [-0.05, 0) is 54.5 Å². The van der Waals surface area contributed by atoms with Crippen LogP contribution in [0.2, 0.25) is 10.0 Å². The molecule has 2 aliphatic rings. The highest BCUT2D eigenvalue weighted by Gasteiger charge is 2.36. The maximum absolute atomic E-state index is 6.22. The number of rotatable bonds is 4. The first-order valence-electron chi connectivity index (χ1n) is 7.69. The van der Waals surface area contributed by atoms with Crippen LogP contribution in [0, 0.1) is 0 Å². The third-order valence-corrected chi connectivity index (χ3v) is 5.22. The van der Waals surface area contributed by atoms with Crippen LogP contribution in [0.15, 0.2) is 28.9 Å². The van der Waals surface area contributed by atoms with Gasteiger partial charge in [0.25, 0.3) is 0 Å². The van der Waals surface area contributed by atoms with Crippen LogP contribution in [0.1, 0.15) is 38.2 Å². The molecule has 0 aliphatic carbocycles. The third kappa shape index (κ3) is 2.90. The van der Waals surface area contributed by atoms with Crippen molar-refractivity contribution in [1.29, 1.82) is 0 Å². The van der Waals surface area contributed by atoms with Crippen molar-refractivity contribution in [3.8, 4) is 0 Å². The molecule has 2 heterocycles. The van der Waals surface area contributed by atoms with E-state index in [4.69, 9.17) is 28.0 Å². The minimum absolute atomic E-state index is 0.358. The highest BCUT2D eigenvalue weighted by atomic mass is 35.5. The smallest absolute Gasteiger partial charge is 0.106 e. The van der Waals surface area contributed by atoms with Crippen LogP contribution in [0.5, 0.6) is 0 Å². The quantitative estimate of drug-likeness (QED) is 0.638. The molecule has 0 radical (unpaired) electrons. The Morgan fingerprint density at radius 1 is 1.32 bits per heavy atom. The van der Waals surface area contributed by atoms with Gasteiger partial charge in [-0.1, -0.05) is 41.3 Å². The van der Waals surface area contributed by atoms with E-state index in [1.165, 1.54) is 17.6 Å². The number of fused-ring (bicyclic) bond motifs is 2. The van der Waals surface area contributed by atoms with Crippen LogP contribution in [0.25, 0.3) is 5.57 Å². The molecule has 0 amide bonds. The number of oxime groups is 1. The molecule has 2 bridgehead atoms. The Kier molecular flexibility index (Phi) is 4.76. The maximum atomic E-state index is 6.22. The van der Waals surface area contributed by atoms with Crippen LogP contribution in [0.4, 0.5) is 0 Å². The lowest BCUT2D eigenvalue weighted by Gasteiger charge is -2.29. The zero-order valence-electron chi connectivity index (χ0n) is 12.8. The lowest BCUT2D eigenvalue weighted by Crippen LogP contribution is -2.38. The summed E-state index contributed by atoms with van der Waals surface area (Å²) in [7, 11) is 1.60. The minimum atomic E-state index is 0.358. The molecule has 1 saturated heterocycles. The van der Waals surface area contributed by atoms with Gasteiger partial charge in [-0.25, -0.2) is 0 Å². The fourth-order valence-corrected chi connectivity index (χ4v) is 3.82. The van der Waals surface area contributed by atoms with Gasteiger partial charge in [0, 0.05) is 12.1 Å². The summed E-state index contributed by atoms with van der Waals surface area (Å²) in [5.74, 6) is 0. The fourth-order valence-electron chi connectivity index (χ4n) is 3.52. The van der Waals surface area contributed by atoms with E-state index < -0.39 is 0 Å². The Morgan fingerprint density at radius 3 is 2.82 bits per heavy atom. The second kappa shape index (κ2) is 6.61. The molecule has 3 rings (SSSR count). The number of hydrogen-bond acceptors (Lipinski definition) is 3. The third-order valence-electron chi connectivity index (χ3n) is 4.48. The van der Waals surface area contributed by atoms with Crippen molar-refractivity contribution in [1.82, 2.24) is 5.32 Å². The van der Waals surface area contributed by atoms with Crippen LogP contribution in [-0.2, 0) is 4.84 Å². The van der Waals surface area contributed by atoms with Crippen molar-refractivity contribution in [3.05, 3.63) is 39.4 Å². The summed E-state index contributed by atoms with van der Waals surface area (Å²) >= 11 is 12.3. The second-order valence-electron chi connectivity index (χ2n) is 5.79. The van der Waals surface area contributed by atoms with Gasteiger partial charge in [0.1, 0.15) is 7.11 Å². The molecule has 118 valence electrons. The van der Waals surface area contributed by atoms with Crippen molar-refractivity contribution in [2.45, 2.75) is 44.7 Å². The van der Waals surface area contributed by atoms with Crippen molar-refractivity contribution in [3.63, 3.8) is 0 Å². The molecule has 1 aromatic carbocycles. The SMILES string of the molecule is CCC(=NOC)C1=C(c2ccc(Cl)c(Cl)c2)CC2CC[C@H]1N2. The number of nitrogens with one attached hydrogen (secondary N) is 1. The molecular formula is C17H20Cl2N2O. The van der Waals surface area contributed by atoms with Gasteiger partial charge in [0.05, 0.1) is 15.8 Å². The Labute approximate surface area is 141 Å². The average Bonchev–Trinajstić information content (AvgIpc) is 2.90. The standard InChI is InChI=1S/C17H20Cl2N2O/c1-3-15(21-22-2)17-12(9-11-5-7-16(17)20-11)10-4-6-13(18)14(19)8-10/h4,6,8,11,16,20H,3,5,7,9H2,1-2H3/t11?,16-/m1/s1. The van der Waals surface area contributed by atoms with Crippen molar-refractivity contribution >= 4 is 34.5 Å². The van der Waals surface area contributed by atoms with E-state index in [0.717, 1.165) is 30.5 Å². The lowest BCUT2D eigenvalue weighted by molar-refractivity contribution is 0.212. The fraction of sp³-hybridized carbons (Fsp3) is 0.471. The van der Waals surface area contributed by atoms with Gasteiger partial charge in [-0.2, -0.15) is 0 Å². The number of hydrogen-bond donors (Lipinski definition) is 1. The van der Waals surface area contributed by atoms with Crippen molar-refractivity contribution < 1.29 is 4.84 Å². The van der Waals surface area contributed by atoms with Gasteiger partial charge in [0.2, 0.25) is 0 Å². The maximum Gasteiger partial charge on any atom is 0.106 e. The largest absolute Gasteiger partial charge is 0.399 e. The van der Waals surface area contributed by atoms with Crippen LogP contribution in [-0.4, -0.2) is 24.9 Å². The van der Waals surface area contributed by atoms with Gasteiger partial charge < -0.3 is 10.2 Å². The summed E-state index contributed by atoms with van der Waals surface area (Å²) in [5.41, 5.74) is 4.75. The molecule has 1 unspecified atom stereocenters. The summed E-state index contributed by atoms with van der Waals surface area (Å²) in [5, 5.41) is 9.13.